The van der Waals surface area contributed by atoms with Crippen LogP contribution in [0, 0.1) is 0 Å². The average molecular weight is 332 g/mol. The van der Waals surface area contributed by atoms with Gasteiger partial charge in [0, 0.05) is 19.4 Å². The van der Waals surface area contributed by atoms with Crippen LogP contribution in [0.4, 0.5) is 5.82 Å². The molecule has 0 aliphatic heterocycles. The van der Waals surface area contributed by atoms with Gasteiger partial charge in [0.15, 0.2) is 5.82 Å². The van der Waals surface area contributed by atoms with E-state index < -0.39 is 5.97 Å². The molecular formula is C15H14ClN5O2. The highest BCUT2D eigenvalue weighted by Crippen LogP contribution is 2.26. The molecule has 0 bridgehead atoms. The second kappa shape index (κ2) is 6.21. The number of rotatable bonds is 5. The van der Waals surface area contributed by atoms with Crippen molar-refractivity contribution in [2.24, 2.45) is 0 Å². The number of fused-ring (bicyclic) bond motifs is 1. The van der Waals surface area contributed by atoms with E-state index in [1.807, 2.05) is 30.1 Å². The maximum Gasteiger partial charge on any atom is 0.323 e. The quantitative estimate of drug-likeness (QED) is 0.721. The van der Waals surface area contributed by atoms with Gasteiger partial charge in [0.05, 0.1) is 17.8 Å². The van der Waals surface area contributed by atoms with E-state index in [1.54, 1.807) is 23.0 Å². The van der Waals surface area contributed by atoms with Crippen LogP contribution < -0.4 is 4.90 Å². The molecule has 3 aromatic heterocycles. The van der Waals surface area contributed by atoms with Crippen molar-refractivity contribution in [1.82, 2.24) is 19.5 Å². The molecule has 3 aromatic rings. The highest BCUT2D eigenvalue weighted by atomic mass is 35.5. The molecule has 0 radical (unpaired) electrons. The lowest BCUT2D eigenvalue weighted by Gasteiger charge is -2.19. The summed E-state index contributed by atoms with van der Waals surface area (Å²) in [6.45, 7) is 0.348. The zero-order chi connectivity index (χ0) is 16.4. The van der Waals surface area contributed by atoms with Crippen molar-refractivity contribution < 1.29 is 9.90 Å². The molecule has 0 fully saturated rings. The molecule has 3 heterocycles. The van der Waals surface area contributed by atoms with Gasteiger partial charge in [-0.25, -0.2) is 4.98 Å². The average Bonchev–Trinajstić information content (AvgIpc) is 2.89. The predicted octanol–water partition coefficient (Wildman–Crippen LogP) is 2.20. The van der Waals surface area contributed by atoms with Gasteiger partial charge in [0.1, 0.15) is 12.1 Å². The van der Waals surface area contributed by atoms with Crippen molar-refractivity contribution in [3.8, 4) is 0 Å². The van der Waals surface area contributed by atoms with Crippen LogP contribution in [0.15, 0.2) is 36.7 Å². The number of aliphatic carboxylic acids is 1. The van der Waals surface area contributed by atoms with Crippen LogP contribution in [0.2, 0.25) is 5.28 Å². The first-order valence-corrected chi connectivity index (χ1v) is 7.27. The van der Waals surface area contributed by atoms with Crippen molar-refractivity contribution in [3.63, 3.8) is 0 Å². The number of carboxylic acid groups (broad SMARTS) is 1. The van der Waals surface area contributed by atoms with E-state index in [-0.39, 0.29) is 11.8 Å². The Bertz CT molecular complexity index is 850. The number of halogens is 1. The van der Waals surface area contributed by atoms with Gasteiger partial charge < -0.3 is 14.6 Å². The summed E-state index contributed by atoms with van der Waals surface area (Å²) in [4.78, 5) is 25.6. The van der Waals surface area contributed by atoms with Crippen molar-refractivity contribution >= 4 is 34.4 Å². The number of carbonyl (C=O) groups is 1. The van der Waals surface area contributed by atoms with Gasteiger partial charge in [0.25, 0.3) is 0 Å². The molecule has 0 saturated carbocycles. The third-order valence-corrected chi connectivity index (χ3v) is 3.53. The number of nitrogens with zero attached hydrogens (tertiary/aromatic N) is 5. The van der Waals surface area contributed by atoms with Crippen LogP contribution in [0.1, 0.15) is 5.69 Å². The molecule has 0 spiro atoms. The molecule has 0 aromatic carbocycles. The minimum absolute atomic E-state index is 0.119. The zero-order valence-corrected chi connectivity index (χ0v) is 13.1. The minimum atomic E-state index is -0.934. The summed E-state index contributed by atoms with van der Waals surface area (Å²) in [5, 5.41) is 9.17. The lowest BCUT2D eigenvalue weighted by molar-refractivity contribution is -0.137. The smallest absolute Gasteiger partial charge is 0.323 e. The summed E-state index contributed by atoms with van der Waals surface area (Å²) in [5.41, 5.74) is 2.11. The molecule has 3 rings (SSSR count). The third-order valence-electron chi connectivity index (χ3n) is 3.36. The first kappa shape index (κ1) is 15.2. The van der Waals surface area contributed by atoms with Gasteiger partial charge in [-0.2, -0.15) is 4.98 Å². The summed E-state index contributed by atoms with van der Waals surface area (Å²) < 4.78 is 1.60. The lowest BCUT2D eigenvalue weighted by Crippen LogP contribution is -2.20. The van der Waals surface area contributed by atoms with Crippen LogP contribution in [-0.2, 0) is 17.9 Å². The van der Waals surface area contributed by atoms with E-state index in [0.29, 0.717) is 23.4 Å². The number of pyridine rings is 1. The van der Waals surface area contributed by atoms with Gasteiger partial charge >= 0.3 is 5.97 Å². The Morgan fingerprint density at radius 1 is 1.35 bits per heavy atom. The van der Waals surface area contributed by atoms with Crippen LogP contribution in [0.3, 0.4) is 0 Å². The van der Waals surface area contributed by atoms with Crippen LogP contribution in [-0.4, -0.2) is 37.6 Å². The Hall–Kier alpha value is -2.67. The number of anilines is 1. The van der Waals surface area contributed by atoms with Crippen molar-refractivity contribution in [2.75, 3.05) is 11.9 Å². The van der Waals surface area contributed by atoms with E-state index in [2.05, 4.69) is 15.0 Å². The normalized spacial score (nSPS) is 10.9. The molecule has 0 aliphatic rings. The fraction of sp³-hybridized carbons (Fsp3) is 0.200. The maximum absolute atomic E-state index is 11.0. The van der Waals surface area contributed by atoms with E-state index in [0.717, 1.165) is 5.69 Å². The van der Waals surface area contributed by atoms with E-state index in [9.17, 15) is 4.79 Å². The van der Waals surface area contributed by atoms with Gasteiger partial charge in [0.2, 0.25) is 5.28 Å². The van der Waals surface area contributed by atoms with Gasteiger partial charge in [-0.05, 0) is 29.8 Å². The Kier molecular flexibility index (Phi) is 4.12. The van der Waals surface area contributed by atoms with Gasteiger partial charge in [-0.1, -0.05) is 6.07 Å². The SMILES string of the molecule is CN(Cc1ccccn1)c1nc(Cl)nc2ccn(CC(=O)O)c12. The van der Waals surface area contributed by atoms with Crippen molar-refractivity contribution in [1.29, 1.82) is 0 Å². The number of aromatic nitrogens is 4. The fourth-order valence-electron chi connectivity index (χ4n) is 2.41. The van der Waals surface area contributed by atoms with Crippen LogP contribution in [0.5, 0.6) is 0 Å². The van der Waals surface area contributed by atoms with E-state index in [1.165, 1.54) is 0 Å². The molecule has 1 N–H and O–H groups in total. The highest BCUT2D eigenvalue weighted by Gasteiger charge is 2.16. The number of carboxylic acids is 1. The first-order chi connectivity index (χ1) is 11.0. The van der Waals surface area contributed by atoms with Crippen LogP contribution >= 0.6 is 11.6 Å². The lowest BCUT2D eigenvalue weighted by atomic mass is 10.3. The largest absolute Gasteiger partial charge is 0.480 e. The fourth-order valence-corrected chi connectivity index (χ4v) is 2.58. The monoisotopic (exact) mass is 331 g/mol. The van der Waals surface area contributed by atoms with Crippen LogP contribution in [0.25, 0.3) is 11.0 Å². The second-order valence-electron chi connectivity index (χ2n) is 5.06. The standard InChI is InChI=1S/C15H14ClN5O2/c1-20(8-10-4-2-3-6-17-10)14-13-11(18-15(16)19-14)5-7-21(13)9-12(22)23/h2-7H,8-9H2,1H3,(H,22,23). The van der Waals surface area contributed by atoms with Crippen molar-refractivity contribution in [3.05, 3.63) is 47.6 Å². The maximum atomic E-state index is 11.0. The molecule has 0 atom stereocenters. The topological polar surface area (TPSA) is 84.1 Å². The second-order valence-corrected chi connectivity index (χ2v) is 5.40. The van der Waals surface area contributed by atoms with Crippen molar-refractivity contribution in [2.45, 2.75) is 13.1 Å². The van der Waals surface area contributed by atoms with Gasteiger partial charge in [-0.15, -0.1) is 0 Å². The number of hydrogen-bond acceptors (Lipinski definition) is 5. The molecule has 7 nitrogen and oxygen atoms in total. The summed E-state index contributed by atoms with van der Waals surface area (Å²) in [7, 11) is 1.85. The number of hydrogen-bond donors (Lipinski definition) is 1. The molecule has 0 saturated heterocycles. The predicted molar refractivity (Wildman–Crippen MR) is 86.5 cm³/mol. The summed E-state index contributed by atoms with van der Waals surface area (Å²) >= 11 is 6.00. The first-order valence-electron chi connectivity index (χ1n) is 6.90. The summed E-state index contributed by atoms with van der Waals surface area (Å²) in [6, 6.07) is 7.39. The molecule has 8 heteroatoms. The molecule has 118 valence electrons. The Morgan fingerprint density at radius 2 is 2.17 bits per heavy atom. The van der Waals surface area contributed by atoms with E-state index >= 15 is 0 Å². The molecular weight excluding hydrogens is 318 g/mol. The summed E-state index contributed by atoms with van der Waals surface area (Å²) in [5.74, 6) is -0.368. The summed E-state index contributed by atoms with van der Waals surface area (Å²) in [6.07, 6.45) is 3.39. The minimum Gasteiger partial charge on any atom is -0.480 e. The molecule has 0 aliphatic carbocycles. The molecule has 0 amide bonds. The zero-order valence-electron chi connectivity index (χ0n) is 12.3. The van der Waals surface area contributed by atoms with Gasteiger partial charge in [-0.3, -0.25) is 9.78 Å². The molecule has 0 unspecified atom stereocenters. The third kappa shape index (κ3) is 3.24. The van der Waals surface area contributed by atoms with E-state index in [4.69, 9.17) is 16.7 Å². The molecule has 23 heavy (non-hydrogen) atoms. The Balaban J connectivity index is 2.04. The Morgan fingerprint density at radius 3 is 2.87 bits per heavy atom. The Labute approximate surface area is 137 Å². The highest BCUT2D eigenvalue weighted by molar-refractivity contribution is 6.28.